The predicted molar refractivity (Wildman–Crippen MR) is 149 cm³/mol. The number of nitrogens with one attached hydrogen (secondary N) is 2. The van der Waals surface area contributed by atoms with Crippen LogP contribution in [0.2, 0.25) is 0 Å². The molecule has 3 N–H and O–H groups in total. The first kappa shape index (κ1) is 35.7. The van der Waals surface area contributed by atoms with E-state index in [9.17, 15) is 40.6 Å². The summed E-state index contributed by atoms with van der Waals surface area (Å²) in [4.78, 5) is 25.2. The molecule has 44 heavy (non-hydrogen) atoms. The van der Waals surface area contributed by atoms with Crippen LogP contribution in [0.1, 0.15) is 5.56 Å². The molecule has 0 aliphatic rings. The number of fused-ring (bicyclic) bond motifs is 2. The van der Waals surface area contributed by atoms with Crippen LogP contribution in [0.3, 0.4) is 0 Å². The van der Waals surface area contributed by atoms with E-state index < -0.39 is 52.8 Å². The molecule has 17 heteroatoms. The Hall–Kier alpha value is -2.80. The van der Waals surface area contributed by atoms with Gasteiger partial charge in [0.1, 0.15) is 25.6 Å². The zero-order valence-electron chi connectivity index (χ0n) is 23.1. The molecule has 0 saturated heterocycles. The number of nitrogens with zero attached hydrogens (tertiary/aromatic N) is 2. The maximum absolute atomic E-state index is 13.2. The Labute approximate surface area is 293 Å². The van der Waals surface area contributed by atoms with Gasteiger partial charge in [-0.15, -0.1) is 0 Å². The maximum atomic E-state index is 13.2. The standard InChI is InChI=1S/C27H20N4O9S2.2Na/c32-14-15-13-22(30-28-20-9-11-23(41(35,36)37)18-7-3-1-5-16(18)20)27(34)25(26(15)33)31-29-21-10-12-24(42(38,39)40)19-8-4-2-6-17(19)21;;/h1-13,28-29,32H,14H2,(H,35,36,37)(H,38,39,40);;/q;2*+1/p-2/b30-22-,31-25+;;. The Bertz CT molecular complexity index is 2360. The van der Waals surface area contributed by atoms with Gasteiger partial charge in [0.2, 0.25) is 10.9 Å². The van der Waals surface area contributed by atoms with Crippen LogP contribution in [-0.4, -0.2) is 31.0 Å². The van der Waals surface area contributed by atoms with E-state index >= 15 is 0 Å². The fraction of sp³-hybridized carbons (Fsp3) is 0.0370. The number of hydrogen-bond donors (Lipinski definition) is 3. The van der Waals surface area contributed by atoms with Gasteiger partial charge in [-0.25, -0.2) is 16.8 Å². The number of benzene rings is 5. The van der Waals surface area contributed by atoms with Crippen molar-refractivity contribution in [3.63, 3.8) is 0 Å². The maximum Gasteiger partial charge on any atom is 1.00 e. The molecule has 0 aliphatic heterocycles. The van der Waals surface area contributed by atoms with Crippen molar-refractivity contribution in [3.8, 4) is 0 Å². The van der Waals surface area contributed by atoms with Gasteiger partial charge in [0.15, 0.2) is 5.36 Å². The molecule has 5 aromatic carbocycles. The normalized spacial score (nSPS) is 12.5. The molecule has 0 aliphatic carbocycles. The summed E-state index contributed by atoms with van der Waals surface area (Å²) in [6.45, 7) is -0.748. The molecule has 5 rings (SSSR count). The summed E-state index contributed by atoms with van der Waals surface area (Å²) in [6, 6.07) is 18.0. The number of aliphatic hydroxyl groups excluding tert-OH is 1. The van der Waals surface area contributed by atoms with Crippen molar-refractivity contribution < 1.29 is 90.2 Å². The van der Waals surface area contributed by atoms with E-state index in [1.54, 1.807) is 18.2 Å². The van der Waals surface area contributed by atoms with Crippen molar-refractivity contribution in [1.29, 1.82) is 0 Å². The smallest absolute Gasteiger partial charge is 0.744 e. The molecule has 13 nitrogen and oxygen atoms in total. The van der Waals surface area contributed by atoms with Crippen molar-refractivity contribution in [1.82, 2.24) is 0 Å². The molecule has 0 heterocycles. The molecular weight excluding hydrogens is 634 g/mol. The van der Waals surface area contributed by atoms with Gasteiger partial charge in [-0.1, -0.05) is 48.5 Å². The van der Waals surface area contributed by atoms with Crippen molar-refractivity contribution in [2.75, 3.05) is 10.9 Å². The molecule has 0 spiro atoms. The van der Waals surface area contributed by atoms with Gasteiger partial charge in [0, 0.05) is 27.1 Å². The number of aliphatic hydroxyl groups is 1. The van der Waals surface area contributed by atoms with Gasteiger partial charge in [0.05, 0.1) is 27.8 Å². The Balaban J connectivity index is 0.00000264. The Kier molecular flexibility index (Phi) is 11.4. The molecule has 0 atom stereocenters. The van der Waals surface area contributed by atoms with Crippen LogP contribution in [0, 0.1) is 0 Å². The van der Waals surface area contributed by atoms with E-state index in [4.69, 9.17) is 0 Å². The first-order valence-electron chi connectivity index (χ1n) is 11.9. The average Bonchev–Trinajstić information content (AvgIpc) is 2.95. The molecule has 0 amide bonds. The fourth-order valence-electron chi connectivity index (χ4n) is 4.39. The van der Waals surface area contributed by atoms with E-state index in [1.165, 1.54) is 42.5 Å². The third kappa shape index (κ3) is 7.19. The Morgan fingerprint density at radius 2 is 1.07 bits per heavy atom. The van der Waals surface area contributed by atoms with Crippen molar-refractivity contribution in [3.05, 3.63) is 116 Å². The average molecular weight is 653 g/mol. The van der Waals surface area contributed by atoms with E-state index in [0.29, 0.717) is 5.39 Å². The molecule has 0 aromatic heterocycles. The minimum absolute atomic E-state index is 0. The summed E-state index contributed by atoms with van der Waals surface area (Å²) >= 11 is 0. The van der Waals surface area contributed by atoms with Crippen LogP contribution in [-0.2, 0) is 26.8 Å². The van der Waals surface area contributed by atoms with Crippen LogP contribution >= 0.6 is 0 Å². The van der Waals surface area contributed by atoms with Crippen LogP contribution in [0.25, 0.3) is 21.5 Å². The van der Waals surface area contributed by atoms with Gasteiger partial charge in [-0.2, -0.15) is 10.2 Å². The number of anilines is 2. The third-order valence-corrected chi connectivity index (χ3v) is 8.12. The van der Waals surface area contributed by atoms with Crippen molar-refractivity contribution >= 4 is 53.2 Å². The van der Waals surface area contributed by atoms with E-state index in [-0.39, 0.29) is 97.6 Å². The second kappa shape index (κ2) is 14.1. The van der Waals surface area contributed by atoms with Crippen LogP contribution < -0.4 is 91.5 Å². The zero-order valence-corrected chi connectivity index (χ0v) is 28.8. The van der Waals surface area contributed by atoms with Gasteiger partial charge in [-0.05, 0) is 30.3 Å². The number of rotatable bonds is 7. The Morgan fingerprint density at radius 3 is 1.50 bits per heavy atom. The molecule has 0 radical (unpaired) electrons. The quantitative estimate of drug-likeness (QED) is 0.0857. The summed E-state index contributed by atoms with van der Waals surface area (Å²) in [5.74, 6) is 0. The molecule has 0 unspecified atom stereocenters. The second-order valence-corrected chi connectivity index (χ2v) is 11.6. The monoisotopic (exact) mass is 652 g/mol. The second-order valence-electron chi connectivity index (χ2n) is 8.89. The van der Waals surface area contributed by atoms with Gasteiger partial charge < -0.3 is 14.2 Å². The molecule has 5 aromatic rings. The SMILES string of the molecule is O=c1c(CO)c/c(=N/Nc2ccc(S(=O)(=O)[O-])c3ccccc23)c(=O)/c1=N/Nc1ccc(S(=O)(=O)[O-])c2ccccc12.[Na+].[Na+]. The van der Waals surface area contributed by atoms with Crippen LogP contribution in [0.5, 0.6) is 0 Å². The first-order chi connectivity index (χ1) is 19.9. The molecule has 0 fully saturated rings. The van der Waals surface area contributed by atoms with Gasteiger partial charge in [0.25, 0.3) is 0 Å². The summed E-state index contributed by atoms with van der Waals surface area (Å²) in [7, 11) is -9.57. The van der Waals surface area contributed by atoms with E-state index in [2.05, 4.69) is 21.1 Å². The van der Waals surface area contributed by atoms with E-state index in [0.717, 1.165) is 18.2 Å². The van der Waals surface area contributed by atoms with Crippen LogP contribution in [0.15, 0.2) is 108 Å². The molecule has 214 valence electrons. The summed E-state index contributed by atoms with van der Waals surface area (Å²) in [6.07, 6.45) is 0. The zero-order chi connectivity index (χ0) is 30.2. The molecular formula is C27H18N4Na2O9S2. The van der Waals surface area contributed by atoms with Crippen molar-refractivity contribution in [2.24, 2.45) is 10.2 Å². The Morgan fingerprint density at radius 1 is 0.636 bits per heavy atom. The molecule has 0 bridgehead atoms. The minimum atomic E-state index is -4.80. The van der Waals surface area contributed by atoms with Gasteiger partial charge >= 0.3 is 59.1 Å². The van der Waals surface area contributed by atoms with Crippen LogP contribution in [0.4, 0.5) is 11.4 Å². The predicted octanol–water partition coefficient (Wildman–Crippen LogP) is -5.25. The van der Waals surface area contributed by atoms with Crippen molar-refractivity contribution in [2.45, 2.75) is 16.4 Å². The first-order valence-corrected chi connectivity index (χ1v) is 14.8. The molecule has 0 saturated carbocycles. The third-order valence-electron chi connectivity index (χ3n) is 6.33. The van der Waals surface area contributed by atoms with Gasteiger partial charge in [-0.3, -0.25) is 20.4 Å². The summed E-state index contributed by atoms with van der Waals surface area (Å²) in [5, 5.41) is 17.6. The topological polar surface area (TPSA) is 218 Å². The minimum Gasteiger partial charge on any atom is -0.744 e. The summed E-state index contributed by atoms with van der Waals surface area (Å²) in [5.41, 5.74) is 3.61. The number of hydrogen-bond acceptors (Lipinski definition) is 13. The fourth-order valence-corrected chi connectivity index (χ4v) is 5.75. The van der Waals surface area contributed by atoms with E-state index in [1.807, 2.05) is 0 Å². The largest absolute Gasteiger partial charge is 1.00 e. The summed E-state index contributed by atoms with van der Waals surface area (Å²) < 4.78 is 70.0.